The molecule has 4 fully saturated rings. The van der Waals surface area contributed by atoms with Crippen LogP contribution in [0.2, 0.25) is 0 Å². The van der Waals surface area contributed by atoms with Gasteiger partial charge in [0.05, 0.1) is 23.8 Å². The van der Waals surface area contributed by atoms with Crippen molar-refractivity contribution in [1.29, 1.82) is 0 Å². The molecule has 1 heterocycles. The molecule has 5 heteroatoms. The summed E-state index contributed by atoms with van der Waals surface area (Å²) in [6, 6.07) is 6.33. The van der Waals surface area contributed by atoms with Gasteiger partial charge in [0.25, 0.3) is 0 Å². The Bertz CT molecular complexity index is 1150. The van der Waals surface area contributed by atoms with Crippen LogP contribution in [0, 0.1) is 53.3 Å². The second kappa shape index (κ2) is 9.27. The van der Waals surface area contributed by atoms with Crippen LogP contribution in [0.15, 0.2) is 24.4 Å². The quantitative estimate of drug-likeness (QED) is 0.512. The Balaban J connectivity index is 1.19. The van der Waals surface area contributed by atoms with Crippen molar-refractivity contribution in [2.24, 2.45) is 46.3 Å². The molecular weight excluding hydrogens is 460 g/mol. The topological polar surface area (TPSA) is 86.5 Å². The zero-order valence-corrected chi connectivity index (χ0v) is 23.1. The minimum Gasteiger partial charge on any atom is -0.393 e. The Hall–Kier alpha value is -1.56. The SMILES string of the molecule is Cc1ccc2nc(CC[C@@H](C)[C@H]3CC[C@H]4[C@@H]5[C@H](O)C[C@@H]6C[C@H](O)CC[C@]6(C)[C@H]5C[C@H](O)[C@]34C)ncc2c1. The average molecular weight is 507 g/mol. The minimum atomic E-state index is -0.330. The zero-order valence-electron chi connectivity index (χ0n) is 23.1. The second-order valence-electron chi connectivity index (χ2n) is 13.9. The van der Waals surface area contributed by atoms with Crippen molar-refractivity contribution in [3.05, 3.63) is 35.8 Å². The average Bonchev–Trinajstić information content (AvgIpc) is 3.22. The molecule has 3 N–H and O–H groups in total. The number of rotatable bonds is 4. The summed E-state index contributed by atoms with van der Waals surface area (Å²) in [5.74, 6) is 3.18. The molecule has 4 saturated carbocycles. The van der Waals surface area contributed by atoms with E-state index in [1.54, 1.807) is 0 Å². The Morgan fingerprint density at radius 2 is 1.84 bits per heavy atom. The van der Waals surface area contributed by atoms with Gasteiger partial charge in [-0.25, -0.2) is 9.97 Å². The van der Waals surface area contributed by atoms with Crippen molar-refractivity contribution in [3.8, 4) is 0 Å². The number of aliphatic hydroxyl groups excluding tert-OH is 3. The summed E-state index contributed by atoms with van der Waals surface area (Å²) in [7, 11) is 0. The Labute approximate surface area is 222 Å². The lowest BCUT2D eigenvalue weighted by molar-refractivity contribution is -0.207. The summed E-state index contributed by atoms with van der Waals surface area (Å²) in [4.78, 5) is 9.50. The highest BCUT2D eigenvalue weighted by molar-refractivity contribution is 5.78. The van der Waals surface area contributed by atoms with Gasteiger partial charge in [-0.2, -0.15) is 0 Å². The highest BCUT2D eigenvalue weighted by atomic mass is 16.3. The lowest BCUT2D eigenvalue weighted by Gasteiger charge is -2.63. The van der Waals surface area contributed by atoms with E-state index in [1.165, 1.54) is 5.56 Å². The summed E-state index contributed by atoms with van der Waals surface area (Å²) < 4.78 is 0. The van der Waals surface area contributed by atoms with Gasteiger partial charge >= 0.3 is 0 Å². The van der Waals surface area contributed by atoms with Gasteiger partial charge in [-0.1, -0.05) is 32.4 Å². The number of hydrogen-bond donors (Lipinski definition) is 3. The fourth-order valence-corrected chi connectivity index (χ4v) is 10.0. The number of hydrogen-bond acceptors (Lipinski definition) is 5. The summed E-state index contributed by atoms with van der Waals surface area (Å²) >= 11 is 0. The molecule has 5 nitrogen and oxygen atoms in total. The molecular formula is C32H46N2O3. The Morgan fingerprint density at radius 1 is 1.03 bits per heavy atom. The highest BCUT2D eigenvalue weighted by Crippen LogP contribution is 2.68. The van der Waals surface area contributed by atoms with Gasteiger partial charge in [0.15, 0.2) is 0 Å². The van der Waals surface area contributed by atoms with Crippen LogP contribution in [0.3, 0.4) is 0 Å². The molecule has 11 atom stereocenters. The normalized spacial score (nSPS) is 44.2. The molecule has 0 unspecified atom stereocenters. The standard InChI is InChI=1S/C32H46N2O3/c1-18-5-9-26-20(13-18)17-33-29(34-26)10-6-19(2)23-7-8-24-30-25(16-28(37)32(23,24)4)31(3)12-11-22(35)14-21(31)15-27(30)36/h5,9,13,17,19,21-25,27-28,30,35-37H,6-8,10-12,14-16H2,1-4H3/t19-,21+,22-,23-,24+,25+,27-,28+,30+,31+,32-/m1/s1. The van der Waals surface area contributed by atoms with E-state index in [0.29, 0.717) is 29.6 Å². The fraction of sp³-hybridized carbons (Fsp3) is 0.750. The first-order chi connectivity index (χ1) is 17.6. The molecule has 202 valence electrons. The largest absolute Gasteiger partial charge is 0.393 e. The molecule has 4 aliphatic carbocycles. The Kier molecular flexibility index (Phi) is 6.44. The molecule has 0 spiro atoms. The molecule has 1 aromatic carbocycles. The number of fused-ring (bicyclic) bond motifs is 6. The highest BCUT2D eigenvalue weighted by Gasteiger charge is 2.65. The van der Waals surface area contributed by atoms with Crippen LogP contribution < -0.4 is 0 Å². The van der Waals surface area contributed by atoms with Crippen LogP contribution in [0.4, 0.5) is 0 Å². The summed E-state index contributed by atoms with van der Waals surface area (Å²) in [6.07, 6.45) is 9.51. The van der Waals surface area contributed by atoms with Crippen molar-refractivity contribution in [2.45, 2.75) is 104 Å². The van der Waals surface area contributed by atoms with Crippen LogP contribution >= 0.6 is 0 Å². The van der Waals surface area contributed by atoms with E-state index in [4.69, 9.17) is 4.98 Å². The predicted octanol–water partition coefficient (Wildman–Crippen LogP) is 5.47. The molecule has 0 radical (unpaired) electrons. The number of aromatic nitrogens is 2. The molecule has 0 aliphatic heterocycles. The van der Waals surface area contributed by atoms with E-state index >= 15 is 0 Å². The first-order valence-electron chi connectivity index (χ1n) is 14.9. The van der Waals surface area contributed by atoms with Crippen molar-refractivity contribution < 1.29 is 15.3 Å². The fourth-order valence-electron chi connectivity index (χ4n) is 10.0. The number of aliphatic hydroxyl groups is 3. The maximum atomic E-state index is 11.8. The van der Waals surface area contributed by atoms with E-state index in [1.807, 2.05) is 6.20 Å². The third-order valence-corrected chi connectivity index (χ3v) is 12.1. The lowest BCUT2D eigenvalue weighted by atomic mass is 9.43. The number of benzene rings is 1. The van der Waals surface area contributed by atoms with Gasteiger partial charge in [-0.3, -0.25) is 0 Å². The monoisotopic (exact) mass is 506 g/mol. The van der Waals surface area contributed by atoms with Crippen LogP contribution in [-0.4, -0.2) is 43.6 Å². The maximum absolute atomic E-state index is 11.8. The molecule has 37 heavy (non-hydrogen) atoms. The van der Waals surface area contributed by atoms with Gasteiger partial charge in [0.1, 0.15) is 5.82 Å². The molecule has 4 aliphatic rings. The predicted molar refractivity (Wildman–Crippen MR) is 146 cm³/mol. The summed E-state index contributed by atoms with van der Waals surface area (Å²) in [6.45, 7) is 9.20. The van der Waals surface area contributed by atoms with Crippen LogP contribution in [0.25, 0.3) is 10.9 Å². The summed E-state index contributed by atoms with van der Waals surface area (Å²) in [5, 5.41) is 34.7. The van der Waals surface area contributed by atoms with E-state index in [9.17, 15) is 15.3 Å². The molecule has 0 amide bonds. The summed E-state index contributed by atoms with van der Waals surface area (Å²) in [5.41, 5.74) is 2.21. The second-order valence-corrected chi connectivity index (χ2v) is 13.9. The van der Waals surface area contributed by atoms with Gasteiger partial charge in [-0.15, -0.1) is 0 Å². The van der Waals surface area contributed by atoms with Crippen LogP contribution in [0.5, 0.6) is 0 Å². The van der Waals surface area contributed by atoms with Crippen molar-refractivity contribution in [1.82, 2.24) is 9.97 Å². The van der Waals surface area contributed by atoms with Gasteiger partial charge in [-0.05, 0) is 117 Å². The minimum absolute atomic E-state index is 0.126. The number of aryl methyl sites for hydroxylation is 2. The van der Waals surface area contributed by atoms with E-state index in [-0.39, 0.29) is 35.1 Å². The maximum Gasteiger partial charge on any atom is 0.128 e. The molecule has 6 rings (SSSR count). The van der Waals surface area contributed by atoms with E-state index in [0.717, 1.165) is 74.5 Å². The van der Waals surface area contributed by atoms with Crippen LogP contribution in [-0.2, 0) is 6.42 Å². The third kappa shape index (κ3) is 4.06. The van der Waals surface area contributed by atoms with Gasteiger partial charge in [0.2, 0.25) is 0 Å². The molecule has 1 aromatic heterocycles. The first kappa shape index (κ1) is 25.7. The van der Waals surface area contributed by atoms with Crippen molar-refractivity contribution in [2.75, 3.05) is 0 Å². The smallest absolute Gasteiger partial charge is 0.128 e. The van der Waals surface area contributed by atoms with Crippen LogP contribution in [0.1, 0.15) is 83.5 Å². The van der Waals surface area contributed by atoms with E-state index in [2.05, 4.69) is 50.9 Å². The molecule has 0 bridgehead atoms. The van der Waals surface area contributed by atoms with Gasteiger partial charge in [0, 0.05) is 18.0 Å². The zero-order chi connectivity index (χ0) is 26.1. The Morgan fingerprint density at radius 3 is 2.65 bits per heavy atom. The number of nitrogens with zero attached hydrogens (tertiary/aromatic N) is 2. The first-order valence-corrected chi connectivity index (χ1v) is 14.9. The lowest BCUT2D eigenvalue weighted by Crippen LogP contribution is -2.62. The van der Waals surface area contributed by atoms with Crippen molar-refractivity contribution in [3.63, 3.8) is 0 Å². The van der Waals surface area contributed by atoms with E-state index < -0.39 is 0 Å². The third-order valence-electron chi connectivity index (χ3n) is 12.1. The molecule has 2 aromatic rings. The molecule has 0 saturated heterocycles. The van der Waals surface area contributed by atoms with Crippen molar-refractivity contribution >= 4 is 10.9 Å². The van der Waals surface area contributed by atoms with Gasteiger partial charge < -0.3 is 15.3 Å².